The van der Waals surface area contributed by atoms with Gasteiger partial charge in [0.15, 0.2) is 0 Å². The van der Waals surface area contributed by atoms with Gasteiger partial charge in [-0.15, -0.1) is 0 Å². The van der Waals surface area contributed by atoms with Gasteiger partial charge in [-0.05, 0) is 41.3 Å². The molecule has 0 aliphatic carbocycles. The Bertz CT molecular complexity index is 1010. The van der Waals surface area contributed by atoms with E-state index in [0.29, 0.717) is 6.61 Å². The molecule has 0 saturated carbocycles. The molecule has 0 fully saturated rings. The summed E-state index contributed by atoms with van der Waals surface area (Å²) >= 11 is 3.46. The van der Waals surface area contributed by atoms with Gasteiger partial charge in [0.25, 0.3) is 0 Å². The highest BCUT2D eigenvalue weighted by atomic mass is 79.9. The van der Waals surface area contributed by atoms with E-state index in [9.17, 15) is 0 Å². The lowest BCUT2D eigenvalue weighted by atomic mass is 10.1. The van der Waals surface area contributed by atoms with E-state index in [1.54, 1.807) is 0 Å². The Morgan fingerprint density at radius 3 is 2.33 bits per heavy atom. The van der Waals surface area contributed by atoms with E-state index in [0.717, 1.165) is 24.0 Å². The summed E-state index contributed by atoms with van der Waals surface area (Å²) in [5.41, 5.74) is 5.14. The van der Waals surface area contributed by atoms with Crippen LogP contribution < -0.4 is 0 Å². The third-order valence-electron chi connectivity index (χ3n) is 4.76. The van der Waals surface area contributed by atoms with Gasteiger partial charge < -0.3 is 9.30 Å². The first-order valence-electron chi connectivity index (χ1n) is 9.22. The number of hydrogen-bond acceptors (Lipinski definition) is 1. The molecule has 0 atom stereocenters. The predicted octanol–water partition coefficient (Wildman–Crippen LogP) is 6.21. The van der Waals surface area contributed by atoms with Crippen LogP contribution in [0.2, 0.25) is 0 Å². The Labute approximate surface area is 168 Å². The van der Waals surface area contributed by atoms with Crippen LogP contribution in [0.5, 0.6) is 0 Å². The molecule has 0 aliphatic rings. The Morgan fingerprint density at radius 1 is 0.778 bits per heavy atom. The summed E-state index contributed by atoms with van der Waals surface area (Å²) < 4.78 is 9.35. The first-order chi connectivity index (χ1) is 13.3. The van der Waals surface area contributed by atoms with Crippen molar-refractivity contribution >= 4 is 26.8 Å². The fraction of sp³-hybridized carbons (Fsp3) is 0.167. The lowest BCUT2D eigenvalue weighted by Crippen LogP contribution is -1.99. The first-order valence-corrected chi connectivity index (χ1v) is 10.0. The summed E-state index contributed by atoms with van der Waals surface area (Å²) in [5.74, 6) is 0. The summed E-state index contributed by atoms with van der Waals surface area (Å²) in [6.45, 7) is 2.26. The molecular weight excluding hydrogens is 398 g/mol. The Morgan fingerprint density at radius 2 is 1.52 bits per heavy atom. The van der Waals surface area contributed by atoms with Crippen LogP contribution in [0.25, 0.3) is 10.9 Å². The minimum Gasteiger partial charge on any atom is -0.376 e. The van der Waals surface area contributed by atoms with Crippen LogP contribution >= 0.6 is 15.9 Å². The number of ether oxygens (including phenoxy) is 1. The van der Waals surface area contributed by atoms with Crippen molar-refractivity contribution in [2.75, 3.05) is 6.61 Å². The zero-order chi connectivity index (χ0) is 18.5. The summed E-state index contributed by atoms with van der Waals surface area (Å²) in [6, 6.07) is 27.5. The summed E-state index contributed by atoms with van der Waals surface area (Å²) in [7, 11) is 0. The van der Waals surface area contributed by atoms with Crippen molar-refractivity contribution in [1.82, 2.24) is 4.57 Å². The maximum absolute atomic E-state index is 5.92. The minimum absolute atomic E-state index is 0.649. The number of benzene rings is 3. The monoisotopic (exact) mass is 419 g/mol. The van der Waals surface area contributed by atoms with E-state index in [1.807, 2.05) is 0 Å². The highest BCUT2D eigenvalue weighted by molar-refractivity contribution is 9.10. The second kappa shape index (κ2) is 8.55. The highest BCUT2D eigenvalue weighted by Crippen LogP contribution is 2.23. The Kier molecular flexibility index (Phi) is 5.71. The van der Waals surface area contributed by atoms with Crippen LogP contribution in [-0.2, 0) is 24.3 Å². The standard InChI is InChI=1S/C24H22BrNO/c25-22-12-10-20(11-13-22)18-27-15-14-21-17-26(16-19-6-2-1-3-7-19)24-9-5-4-8-23(21)24/h1-13,17H,14-16,18H2. The van der Waals surface area contributed by atoms with Gasteiger partial charge in [-0.3, -0.25) is 0 Å². The van der Waals surface area contributed by atoms with Crippen molar-refractivity contribution in [3.63, 3.8) is 0 Å². The molecule has 0 aliphatic heterocycles. The van der Waals surface area contributed by atoms with Crippen molar-refractivity contribution in [2.45, 2.75) is 19.6 Å². The third-order valence-corrected chi connectivity index (χ3v) is 5.29. The molecule has 0 spiro atoms. The fourth-order valence-electron chi connectivity index (χ4n) is 3.39. The largest absolute Gasteiger partial charge is 0.376 e. The van der Waals surface area contributed by atoms with E-state index < -0.39 is 0 Å². The van der Waals surface area contributed by atoms with Gasteiger partial charge in [0.1, 0.15) is 0 Å². The molecule has 0 saturated heterocycles. The average molecular weight is 420 g/mol. The molecule has 4 aromatic rings. The van der Waals surface area contributed by atoms with Crippen molar-refractivity contribution in [2.24, 2.45) is 0 Å². The molecule has 1 heterocycles. The number of halogens is 1. The van der Waals surface area contributed by atoms with Gasteiger partial charge >= 0.3 is 0 Å². The summed E-state index contributed by atoms with van der Waals surface area (Å²) in [5, 5.41) is 1.32. The molecule has 136 valence electrons. The van der Waals surface area contributed by atoms with E-state index in [-0.39, 0.29) is 0 Å². The van der Waals surface area contributed by atoms with Crippen LogP contribution in [0.1, 0.15) is 16.7 Å². The van der Waals surface area contributed by atoms with Crippen molar-refractivity contribution in [3.05, 3.63) is 106 Å². The van der Waals surface area contributed by atoms with Crippen molar-refractivity contribution in [3.8, 4) is 0 Å². The van der Waals surface area contributed by atoms with E-state index in [1.165, 1.54) is 27.6 Å². The predicted molar refractivity (Wildman–Crippen MR) is 115 cm³/mol. The van der Waals surface area contributed by atoms with Gasteiger partial charge in [0.2, 0.25) is 0 Å². The Balaban J connectivity index is 1.44. The van der Waals surface area contributed by atoms with Crippen molar-refractivity contribution < 1.29 is 4.74 Å². The molecule has 3 aromatic carbocycles. The molecule has 0 N–H and O–H groups in total. The normalized spacial score (nSPS) is 11.1. The van der Waals surface area contributed by atoms with Crippen LogP contribution in [0.4, 0.5) is 0 Å². The SMILES string of the molecule is Brc1ccc(COCCc2cn(Cc3ccccc3)c3ccccc23)cc1. The van der Waals surface area contributed by atoms with Crippen LogP contribution in [0.3, 0.4) is 0 Å². The zero-order valence-corrected chi connectivity index (χ0v) is 16.7. The molecule has 0 amide bonds. The number of fused-ring (bicyclic) bond motifs is 1. The summed E-state index contributed by atoms with van der Waals surface area (Å²) in [6.07, 6.45) is 3.19. The molecule has 27 heavy (non-hydrogen) atoms. The number of hydrogen-bond donors (Lipinski definition) is 0. The maximum Gasteiger partial charge on any atom is 0.0717 e. The van der Waals surface area contributed by atoms with Gasteiger partial charge in [-0.25, -0.2) is 0 Å². The molecule has 4 rings (SSSR count). The minimum atomic E-state index is 0.649. The molecular formula is C24H22BrNO. The Hall–Kier alpha value is -2.36. The molecule has 0 bridgehead atoms. The number of para-hydroxylation sites is 1. The molecule has 1 aromatic heterocycles. The van der Waals surface area contributed by atoms with E-state index in [4.69, 9.17) is 4.74 Å². The molecule has 0 radical (unpaired) electrons. The second-order valence-electron chi connectivity index (χ2n) is 6.71. The first kappa shape index (κ1) is 18.0. The zero-order valence-electron chi connectivity index (χ0n) is 15.1. The number of rotatable bonds is 7. The van der Waals surface area contributed by atoms with E-state index >= 15 is 0 Å². The van der Waals surface area contributed by atoms with Gasteiger partial charge in [-0.1, -0.05) is 76.6 Å². The second-order valence-corrected chi connectivity index (χ2v) is 7.63. The number of aromatic nitrogens is 1. The van der Waals surface area contributed by atoms with Gasteiger partial charge in [-0.2, -0.15) is 0 Å². The van der Waals surface area contributed by atoms with E-state index in [2.05, 4.69) is 106 Å². The third kappa shape index (κ3) is 4.49. The van der Waals surface area contributed by atoms with Gasteiger partial charge in [0, 0.05) is 28.1 Å². The van der Waals surface area contributed by atoms with Crippen LogP contribution in [0.15, 0.2) is 89.5 Å². The highest BCUT2D eigenvalue weighted by Gasteiger charge is 2.08. The van der Waals surface area contributed by atoms with Crippen LogP contribution in [0, 0.1) is 0 Å². The maximum atomic E-state index is 5.92. The topological polar surface area (TPSA) is 14.2 Å². The molecule has 3 heteroatoms. The lowest BCUT2D eigenvalue weighted by Gasteiger charge is -2.05. The lowest BCUT2D eigenvalue weighted by molar-refractivity contribution is 0.124. The fourth-order valence-corrected chi connectivity index (χ4v) is 3.65. The number of nitrogens with zero attached hydrogens (tertiary/aromatic N) is 1. The molecule has 2 nitrogen and oxygen atoms in total. The van der Waals surface area contributed by atoms with Crippen molar-refractivity contribution in [1.29, 1.82) is 0 Å². The quantitative estimate of drug-likeness (QED) is 0.324. The average Bonchev–Trinajstić information content (AvgIpc) is 3.05. The smallest absolute Gasteiger partial charge is 0.0717 e. The van der Waals surface area contributed by atoms with Gasteiger partial charge in [0.05, 0.1) is 13.2 Å². The van der Waals surface area contributed by atoms with Crippen LogP contribution in [-0.4, -0.2) is 11.2 Å². The molecule has 0 unspecified atom stereocenters. The summed E-state index contributed by atoms with van der Waals surface area (Å²) in [4.78, 5) is 0.